The van der Waals surface area contributed by atoms with Gasteiger partial charge in [-0.25, -0.2) is 4.79 Å². The molecule has 0 amide bonds. The van der Waals surface area contributed by atoms with Crippen LogP contribution in [0.25, 0.3) is 6.08 Å². The van der Waals surface area contributed by atoms with E-state index >= 15 is 0 Å². The van der Waals surface area contributed by atoms with Crippen LogP contribution in [-0.4, -0.2) is 11.8 Å². The molecule has 3 heteroatoms. The van der Waals surface area contributed by atoms with Gasteiger partial charge in [-0.05, 0) is 23.8 Å². The van der Waals surface area contributed by atoms with E-state index in [9.17, 15) is 9.59 Å². The quantitative estimate of drug-likeness (QED) is 0.675. The molecule has 0 saturated heterocycles. The summed E-state index contributed by atoms with van der Waals surface area (Å²) in [6, 6.07) is 7.19. The SMILES string of the molecule is O=C1C=CC=COC(=O)c2ccccc2C=CC=CC1. The molecule has 2 rings (SSSR count). The van der Waals surface area contributed by atoms with Crippen molar-refractivity contribution in [2.75, 3.05) is 0 Å². The lowest BCUT2D eigenvalue weighted by atomic mass is 10.1. The Hall–Kier alpha value is -2.68. The number of allylic oxidation sites excluding steroid dienone is 6. The number of fused-ring (bicyclic) bond motifs is 1. The number of esters is 1. The van der Waals surface area contributed by atoms with E-state index in [-0.39, 0.29) is 5.78 Å². The average Bonchev–Trinajstić information content (AvgIpc) is 2.46. The van der Waals surface area contributed by atoms with Crippen LogP contribution >= 0.6 is 0 Å². The van der Waals surface area contributed by atoms with E-state index in [1.165, 1.54) is 18.4 Å². The monoisotopic (exact) mass is 266 g/mol. The summed E-state index contributed by atoms with van der Waals surface area (Å²) in [5.74, 6) is -0.439. The lowest BCUT2D eigenvalue weighted by Gasteiger charge is -2.03. The second-order valence-electron chi connectivity index (χ2n) is 4.14. The normalized spacial score (nSPS) is 15.6. The fourth-order valence-electron chi connectivity index (χ4n) is 1.69. The van der Waals surface area contributed by atoms with Crippen molar-refractivity contribution in [1.29, 1.82) is 0 Å². The predicted molar refractivity (Wildman–Crippen MR) is 77.9 cm³/mol. The predicted octanol–water partition coefficient (Wildman–Crippen LogP) is 3.46. The molecule has 0 spiro atoms. The minimum atomic E-state index is -0.428. The fraction of sp³-hybridized carbons (Fsp3) is 0.0588. The molecule has 100 valence electrons. The van der Waals surface area contributed by atoms with E-state index in [0.717, 1.165) is 5.56 Å². The summed E-state index contributed by atoms with van der Waals surface area (Å²) in [6.07, 6.45) is 13.3. The van der Waals surface area contributed by atoms with Crippen LogP contribution in [0.3, 0.4) is 0 Å². The number of ketones is 1. The maximum Gasteiger partial charge on any atom is 0.343 e. The summed E-state index contributed by atoms with van der Waals surface area (Å²) in [6.45, 7) is 0. The van der Waals surface area contributed by atoms with Crippen molar-refractivity contribution in [3.63, 3.8) is 0 Å². The van der Waals surface area contributed by atoms with Crippen LogP contribution < -0.4 is 0 Å². The summed E-state index contributed by atoms with van der Waals surface area (Å²) in [5.41, 5.74) is 1.27. The fourth-order valence-corrected chi connectivity index (χ4v) is 1.69. The van der Waals surface area contributed by atoms with E-state index in [0.29, 0.717) is 12.0 Å². The number of cyclic esters (lactones) is 1. The average molecular weight is 266 g/mol. The van der Waals surface area contributed by atoms with Crippen molar-refractivity contribution in [3.8, 4) is 0 Å². The third-order valence-electron chi connectivity index (χ3n) is 2.67. The van der Waals surface area contributed by atoms with Gasteiger partial charge in [0.2, 0.25) is 0 Å². The van der Waals surface area contributed by atoms with Crippen LogP contribution in [0.5, 0.6) is 0 Å². The molecule has 0 fully saturated rings. The van der Waals surface area contributed by atoms with E-state index in [1.807, 2.05) is 18.2 Å². The maximum absolute atomic E-state index is 11.9. The first-order valence-corrected chi connectivity index (χ1v) is 6.26. The Morgan fingerprint density at radius 2 is 1.70 bits per heavy atom. The number of rotatable bonds is 0. The molecule has 1 aromatic carbocycles. The molecule has 0 aliphatic carbocycles. The minimum absolute atomic E-state index is 0.0110. The van der Waals surface area contributed by atoms with Crippen LogP contribution in [0.4, 0.5) is 0 Å². The summed E-state index contributed by atoms with van der Waals surface area (Å²) < 4.78 is 5.01. The van der Waals surface area contributed by atoms with Gasteiger partial charge in [0.05, 0.1) is 11.8 Å². The van der Waals surface area contributed by atoms with Crippen LogP contribution in [-0.2, 0) is 9.53 Å². The second-order valence-corrected chi connectivity index (χ2v) is 4.14. The second kappa shape index (κ2) is 7.04. The molecule has 1 aliphatic heterocycles. The Labute approximate surface area is 117 Å². The summed E-state index contributed by atoms with van der Waals surface area (Å²) >= 11 is 0. The van der Waals surface area contributed by atoms with Gasteiger partial charge in [-0.15, -0.1) is 0 Å². The van der Waals surface area contributed by atoms with Crippen molar-refractivity contribution >= 4 is 17.8 Å². The van der Waals surface area contributed by atoms with Gasteiger partial charge in [0.25, 0.3) is 0 Å². The largest absolute Gasteiger partial charge is 0.431 e. The molecule has 1 aliphatic rings. The molecule has 0 aromatic heterocycles. The molecule has 0 N–H and O–H groups in total. The first-order chi connectivity index (χ1) is 9.77. The molecule has 3 nitrogen and oxygen atoms in total. The van der Waals surface area contributed by atoms with Gasteiger partial charge in [-0.3, -0.25) is 4.79 Å². The standard InChI is InChI=1S/C17H14O3/c18-15-10-3-1-2-8-14-9-4-5-12-16(14)17(19)20-13-7-6-11-15/h1-9,11-13H,10H2. The number of carbonyl (C=O) groups is 2. The van der Waals surface area contributed by atoms with Crippen molar-refractivity contribution in [3.05, 3.63) is 78.1 Å². The van der Waals surface area contributed by atoms with E-state index in [4.69, 9.17) is 4.74 Å². The molecule has 0 bridgehead atoms. The Bertz CT molecular complexity index is 619. The topological polar surface area (TPSA) is 43.4 Å². The third kappa shape index (κ3) is 3.92. The highest BCUT2D eigenvalue weighted by Gasteiger charge is 2.09. The minimum Gasteiger partial charge on any atom is -0.431 e. The van der Waals surface area contributed by atoms with Gasteiger partial charge in [-0.1, -0.05) is 48.6 Å². The molecule has 1 heterocycles. The maximum atomic E-state index is 11.9. The van der Waals surface area contributed by atoms with Crippen LogP contribution in [0.1, 0.15) is 22.3 Å². The van der Waals surface area contributed by atoms with Gasteiger partial charge in [0.1, 0.15) is 0 Å². The molecule has 0 saturated carbocycles. The first-order valence-electron chi connectivity index (χ1n) is 6.26. The number of ether oxygens (including phenoxy) is 1. The van der Waals surface area contributed by atoms with Crippen molar-refractivity contribution in [2.45, 2.75) is 6.42 Å². The van der Waals surface area contributed by atoms with E-state index in [2.05, 4.69) is 0 Å². The zero-order valence-electron chi connectivity index (χ0n) is 10.9. The Morgan fingerprint density at radius 3 is 2.60 bits per heavy atom. The zero-order chi connectivity index (χ0) is 14.2. The highest BCUT2D eigenvalue weighted by molar-refractivity contribution is 5.94. The molecular weight excluding hydrogens is 252 g/mol. The third-order valence-corrected chi connectivity index (χ3v) is 2.67. The van der Waals surface area contributed by atoms with Crippen LogP contribution in [0.15, 0.2) is 67.0 Å². The summed E-state index contributed by atoms with van der Waals surface area (Å²) in [4.78, 5) is 23.3. The Balaban J connectivity index is 2.32. The summed E-state index contributed by atoms with van der Waals surface area (Å²) in [5, 5.41) is 0. The Kier molecular flexibility index (Phi) is 4.84. The molecule has 20 heavy (non-hydrogen) atoms. The number of carbonyl (C=O) groups excluding carboxylic acids is 2. The number of hydrogen-bond donors (Lipinski definition) is 0. The van der Waals surface area contributed by atoms with Crippen molar-refractivity contribution in [1.82, 2.24) is 0 Å². The van der Waals surface area contributed by atoms with Crippen molar-refractivity contribution < 1.29 is 14.3 Å². The van der Waals surface area contributed by atoms with Crippen LogP contribution in [0.2, 0.25) is 0 Å². The van der Waals surface area contributed by atoms with Gasteiger partial charge < -0.3 is 4.74 Å². The molecule has 0 unspecified atom stereocenters. The molecular formula is C17H14O3. The number of hydrogen-bond acceptors (Lipinski definition) is 3. The zero-order valence-corrected chi connectivity index (χ0v) is 10.9. The van der Waals surface area contributed by atoms with Gasteiger partial charge >= 0.3 is 5.97 Å². The van der Waals surface area contributed by atoms with Gasteiger partial charge in [-0.2, -0.15) is 0 Å². The highest BCUT2D eigenvalue weighted by atomic mass is 16.5. The molecule has 0 atom stereocenters. The van der Waals surface area contributed by atoms with Gasteiger partial charge in [0, 0.05) is 6.42 Å². The first kappa shape index (κ1) is 13.7. The highest BCUT2D eigenvalue weighted by Crippen LogP contribution is 2.12. The van der Waals surface area contributed by atoms with Crippen LogP contribution in [0, 0.1) is 0 Å². The molecule has 0 radical (unpaired) electrons. The van der Waals surface area contributed by atoms with Gasteiger partial charge in [0.15, 0.2) is 5.78 Å². The lowest BCUT2D eigenvalue weighted by Crippen LogP contribution is -2.02. The van der Waals surface area contributed by atoms with Crippen molar-refractivity contribution in [2.24, 2.45) is 0 Å². The summed E-state index contributed by atoms with van der Waals surface area (Å²) in [7, 11) is 0. The lowest BCUT2D eigenvalue weighted by molar-refractivity contribution is -0.113. The van der Waals surface area contributed by atoms with E-state index < -0.39 is 5.97 Å². The number of benzene rings is 1. The Morgan fingerprint density at radius 1 is 0.900 bits per heavy atom. The smallest absolute Gasteiger partial charge is 0.343 e. The van der Waals surface area contributed by atoms with E-state index in [1.54, 1.807) is 36.4 Å². The molecule has 1 aromatic rings.